The Balaban J connectivity index is 1.95. The van der Waals surface area contributed by atoms with E-state index >= 15 is 0 Å². The van der Waals surface area contributed by atoms with Gasteiger partial charge in [0.15, 0.2) is 9.84 Å². The van der Waals surface area contributed by atoms with Gasteiger partial charge >= 0.3 is 0 Å². The van der Waals surface area contributed by atoms with Crippen LogP contribution in [-0.4, -0.2) is 38.1 Å². The Kier molecular flexibility index (Phi) is 4.95. The zero-order valence-electron chi connectivity index (χ0n) is 13.6. The molecule has 0 aromatic heterocycles. The number of carbonyl (C=O) groups excluding carboxylic acids is 1. The van der Waals surface area contributed by atoms with Crippen LogP contribution in [0.15, 0.2) is 35.2 Å². The smallest absolute Gasteiger partial charge is 0.227 e. The van der Waals surface area contributed by atoms with Gasteiger partial charge in [0.25, 0.3) is 0 Å². The van der Waals surface area contributed by atoms with Crippen molar-refractivity contribution >= 4 is 15.7 Å². The summed E-state index contributed by atoms with van der Waals surface area (Å²) in [6.45, 7) is 7.07. The molecule has 5 heteroatoms. The first-order valence-corrected chi connectivity index (χ1v) is 9.42. The largest absolute Gasteiger partial charge is 0.342 e. The van der Waals surface area contributed by atoms with Crippen molar-refractivity contribution in [1.29, 1.82) is 0 Å². The van der Waals surface area contributed by atoms with Crippen molar-refractivity contribution < 1.29 is 13.2 Å². The lowest BCUT2D eigenvalue weighted by Gasteiger charge is -2.35. The van der Waals surface area contributed by atoms with Crippen LogP contribution in [0.5, 0.6) is 0 Å². The zero-order chi connectivity index (χ0) is 16.4. The van der Waals surface area contributed by atoms with Crippen LogP contribution < -0.4 is 0 Å². The van der Waals surface area contributed by atoms with Gasteiger partial charge in [-0.1, -0.05) is 39.0 Å². The molecule has 1 aliphatic rings. The summed E-state index contributed by atoms with van der Waals surface area (Å²) in [4.78, 5) is 14.5. The summed E-state index contributed by atoms with van der Waals surface area (Å²) in [6.07, 6.45) is 1.52. The quantitative estimate of drug-likeness (QED) is 0.859. The maximum atomic E-state index is 12.4. The Morgan fingerprint density at radius 3 is 2.18 bits per heavy atom. The minimum atomic E-state index is -3.23. The first kappa shape index (κ1) is 17.0. The molecular formula is C17H25NO3S. The third-order valence-corrected chi connectivity index (χ3v) is 6.00. The lowest BCUT2D eigenvalue weighted by atomic mass is 9.91. The van der Waals surface area contributed by atoms with E-state index in [1.54, 1.807) is 24.3 Å². The molecule has 0 saturated carbocycles. The molecule has 0 bridgehead atoms. The maximum Gasteiger partial charge on any atom is 0.227 e. The second-order valence-corrected chi connectivity index (χ2v) is 9.11. The molecule has 2 rings (SSSR count). The van der Waals surface area contributed by atoms with E-state index in [9.17, 15) is 13.2 Å². The summed E-state index contributed by atoms with van der Waals surface area (Å²) < 4.78 is 24.8. The molecule has 1 fully saturated rings. The van der Waals surface area contributed by atoms with Crippen molar-refractivity contribution in [3.05, 3.63) is 30.3 Å². The van der Waals surface area contributed by atoms with Gasteiger partial charge in [0, 0.05) is 18.5 Å². The standard InChI is InChI=1S/C17H25NO3S/c1-17(2,3)16(19)18-11-9-14(10-12-18)13-22(20,21)15-7-5-4-6-8-15/h4-8,14H,9-13H2,1-3H3. The summed E-state index contributed by atoms with van der Waals surface area (Å²) in [5.74, 6) is 0.459. The number of nitrogens with zero attached hydrogens (tertiary/aromatic N) is 1. The molecule has 0 aliphatic carbocycles. The molecule has 0 atom stereocenters. The number of hydrogen-bond donors (Lipinski definition) is 0. The molecule has 0 N–H and O–H groups in total. The van der Waals surface area contributed by atoms with E-state index < -0.39 is 9.84 Å². The molecule has 1 aromatic carbocycles. The fourth-order valence-corrected chi connectivity index (χ4v) is 4.53. The van der Waals surface area contributed by atoms with Gasteiger partial charge in [-0.2, -0.15) is 0 Å². The second-order valence-electron chi connectivity index (χ2n) is 7.08. The first-order chi connectivity index (χ1) is 10.2. The zero-order valence-corrected chi connectivity index (χ0v) is 14.4. The van der Waals surface area contributed by atoms with Gasteiger partial charge in [0.1, 0.15) is 0 Å². The highest BCUT2D eigenvalue weighted by Crippen LogP contribution is 2.25. The number of sulfone groups is 1. The lowest BCUT2D eigenvalue weighted by Crippen LogP contribution is -2.44. The normalized spacial score (nSPS) is 17.5. The van der Waals surface area contributed by atoms with Crippen molar-refractivity contribution in [3.8, 4) is 0 Å². The fraction of sp³-hybridized carbons (Fsp3) is 0.588. The third-order valence-electron chi connectivity index (χ3n) is 4.10. The average Bonchev–Trinajstić information content (AvgIpc) is 2.47. The minimum Gasteiger partial charge on any atom is -0.342 e. The molecule has 4 nitrogen and oxygen atoms in total. The monoisotopic (exact) mass is 323 g/mol. The van der Waals surface area contributed by atoms with Gasteiger partial charge in [-0.05, 0) is 30.9 Å². The Morgan fingerprint density at radius 1 is 1.14 bits per heavy atom. The van der Waals surface area contributed by atoms with Gasteiger partial charge in [-0.15, -0.1) is 0 Å². The molecule has 22 heavy (non-hydrogen) atoms. The minimum absolute atomic E-state index is 0.134. The summed E-state index contributed by atoms with van der Waals surface area (Å²) in [6, 6.07) is 8.60. The van der Waals surface area contributed by atoms with E-state index in [0.717, 1.165) is 12.8 Å². The molecule has 0 spiro atoms. The van der Waals surface area contributed by atoms with Crippen LogP contribution >= 0.6 is 0 Å². The van der Waals surface area contributed by atoms with E-state index in [0.29, 0.717) is 18.0 Å². The Labute approximate surface area is 133 Å². The molecule has 1 amide bonds. The van der Waals surface area contributed by atoms with E-state index in [2.05, 4.69) is 0 Å². The number of benzene rings is 1. The van der Waals surface area contributed by atoms with Crippen LogP contribution in [0.3, 0.4) is 0 Å². The van der Waals surface area contributed by atoms with Crippen LogP contribution in [0, 0.1) is 11.3 Å². The molecule has 1 aliphatic heterocycles. The summed E-state index contributed by atoms with van der Waals surface area (Å²) in [5, 5.41) is 0. The number of likely N-dealkylation sites (tertiary alicyclic amines) is 1. The Hall–Kier alpha value is -1.36. The summed E-state index contributed by atoms with van der Waals surface area (Å²) >= 11 is 0. The van der Waals surface area contributed by atoms with Crippen LogP contribution in [0.1, 0.15) is 33.6 Å². The molecule has 1 aromatic rings. The molecule has 1 heterocycles. The van der Waals surface area contributed by atoms with Gasteiger partial charge in [-0.3, -0.25) is 4.79 Å². The molecular weight excluding hydrogens is 298 g/mol. The highest BCUT2D eigenvalue weighted by molar-refractivity contribution is 7.91. The number of hydrogen-bond acceptors (Lipinski definition) is 3. The maximum absolute atomic E-state index is 12.4. The Morgan fingerprint density at radius 2 is 1.68 bits per heavy atom. The van der Waals surface area contributed by atoms with E-state index in [1.165, 1.54) is 0 Å². The predicted molar refractivity (Wildman–Crippen MR) is 87.3 cm³/mol. The van der Waals surface area contributed by atoms with Crippen LogP contribution in [0.4, 0.5) is 0 Å². The first-order valence-electron chi connectivity index (χ1n) is 7.77. The molecule has 122 valence electrons. The second kappa shape index (κ2) is 6.41. The fourth-order valence-electron chi connectivity index (χ4n) is 2.81. The number of amides is 1. The van der Waals surface area contributed by atoms with Crippen LogP contribution in [0.2, 0.25) is 0 Å². The van der Waals surface area contributed by atoms with Crippen molar-refractivity contribution in [1.82, 2.24) is 4.90 Å². The van der Waals surface area contributed by atoms with E-state index in [-0.39, 0.29) is 23.0 Å². The Bertz CT molecular complexity index is 609. The summed E-state index contributed by atoms with van der Waals surface area (Å²) in [7, 11) is -3.23. The predicted octanol–water partition coefficient (Wildman–Crippen LogP) is 2.75. The average molecular weight is 323 g/mol. The van der Waals surface area contributed by atoms with Crippen molar-refractivity contribution in [2.24, 2.45) is 11.3 Å². The molecule has 1 saturated heterocycles. The van der Waals surface area contributed by atoms with Crippen LogP contribution in [-0.2, 0) is 14.6 Å². The van der Waals surface area contributed by atoms with Crippen molar-refractivity contribution in [2.45, 2.75) is 38.5 Å². The highest BCUT2D eigenvalue weighted by Gasteiger charge is 2.31. The van der Waals surface area contributed by atoms with Gasteiger partial charge in [-0.25, -0.2) is 8.42 Å². The number of piperidine rings is 1. The number of carbonyl (C=O) groups is 1. The summed E-state index contributed by atoms with van der Waals surface area (Å²) in [5.41, 5.74) is -0.372. The van der Waals surface area contributed by atoms with Gasteiger partial charge in [0.05, 0.1) is 10.6 Å². The third kappa shape index (κ3) is 4.09. The van der Waals surface area contributed by atoms with Crippen molar-refractivity contribution in [2.75, 3.05) is 18.8 Å². The van der Waals surface area contributed by atoms with E-state index in [4.69, 9.17) is 0 Å². The lowest BCUT2D eigenvalue weighted by molar-refractivity contribution is -0.140. The van der Waals surface area contributed by atoms with Gasteiger partial charge < -0.3 is 4.90 Å². The van der Waals surface area contributed by atoms with Crippen LogP contribution in [0.25, 0.3) is 0 Å². The topological polar surface area (TPSA) is 54.5 Å². The van der Waals surface area contributed by atoms with Crippen molar-refractivity contribution in [3.63, 3.8) is 0 Å². The number of rotatable bonds is 3. The van der Waals surface area contributed by atoms with Gasteiger partial charge in [0.2, 0.25) is 5.91 Å². The highest BCUT2D eigenvalue weighted by atomic mass is 32.2. The van der Waals surface area contributed by atoms with E-state index in [1.807, 2.05) is 31.7 Å². The SMILES string of the molecule is CC(C)(C)C(=O)N1CCC(CS(=O)(=O)c2ccccc2)CC1. The molecule has 0 unspecified atom stereocenters. The molecule has 0 radical (unpaired) electrons.